The van der Waals surface area contributed by atoms with Gasteiger partial charge in [-0.2, -0.15) is 5.10 Å². The normalized spacial score (nSPS) is 11.6. The number of nitrogens with one attached hydrogen (secondary N) is 1. The molecule has 0 saturated carbocycles. The van der Waals surface area contributed by atoms with Crippen LogP contribution in [0.5, 0.6) is 0 Å². The zero-order valence-corrected chi connectivity index (χ0v) is 11.4. The SMILES string of the molecule is CCOC(=O)c1cnn(C)c1CNCC(C)(C)O. The molecule has 0 radical (unpaired) electrons. The lowest BCUT2D eigenvalue weighted by Gasteiger charge is -2.18. The fourth-order valence-corrected chi connectivity index (χ4v) is 1.54. The first kappa shape index (κ1) is 14.7. The predicted molar refractivity (Wildman–Crippen MR) is 67.2 cm³/mol. The molecule has 0 atom stereocenters. The summed E-state index contributed by atoms with van der Waals surface area (Å²) in [4.78, 5) is 11.7. The number of carbonyl (C=O) groups is 1. The number of esters is 1. The van der Waals surface area contributed by atoms with E-state index in [4.69, 9.17) is 4.74 Å². The van der Waals surface area contributed by atoms with Crippen LogP contribution in [-0.2, 0) is 18.3 Å². The molecule has 0 aromatic carbocycles. The van der Waals surface area contributed by atoms with Gasteiger partial charge in [0, 0.05) is 20.1 Å². The van der Waals surface area contributed by atoms with Crippen LogP contribution in [0.15, 0.2) is 6.20 Å². The van der Waals surface area contributed by atoms with E-state index in [9.17, 15) is 9.90 Å². The van der Waals surface area contributed by atoms with Crippen LogP contribution in [0, 0.1) is 0 Å². The largest absolute Gasteiger partial charge is 0.462 e. The zero-order chi connectivity index (χ0) is 13.8. The number of aromatic nitrogens is 2. The minimum Gasteiger partial charge on any atom is -0.462 e. The van der Waals surface area contributed by atoms with Gasteiger partial charge in [0.25, 0.3) is 0 Å². The summed E-state index contributed by atoms with van der Waals surface area (Å²) < 4.78 is 6.59. The van der Waals surface area contributed by atoms with Crippen molar-refractivity contribution in [2.45, 2.75) is 32.9 Å². The Balaban J connectivity index is 2.70. The Morgan fingerprint density at radius 2 is 2.28 bits per heavy atom. The van der Waals surface area contributed by atoms with E-state index in [-0.39, 0.29) is 5.97 Å². The molecule has 1 aromatic heterocycles. The molecule has 0 bridgehead atoms. The smallest absolute Gasteiger partial charge is 0.341 e. The van der Waals surface area contributed by atoms with Crippen LogP contribution in [0.2, 0.25) is 0 Å². The van der Waals surface area contributed by atoms with Gasteiger partial charge in [-0.3, -0.25) is 4.68 Å². The maximum absolute atomic E-state index is 11.7. The van der Waals surface area contributed by atoms with Crippen molar-refractivity contribution in [1.29, 1.82) is 0 Å². The summed E-state index contributed by atoms with van der Waals surface area (Å²) in [5, 5.41) is 16.7. The molecule has 1 rings (SSSR count). The van der Waals surface area contributed by atoms with Gasteiger partial charge in [0.05, 0.1) is 24.1 Å². The number of carbonyl (C=O) groups excluding carboxylic acids is 1. The highest BCUT2D eigenvalue weighted by Crippen LogP contribution is 2.09. The standard InChI is InChI=1S/C12H21N3O3/c1-5-18-11(16)9-6-14-15(4)10(9)7-13-8-12(2,3)17/h6,13,17H,5,7-8H2,1-4H3. The van der Waals surface area contributed by atoms with E-state index in [1.54, 1.807) is 32.5 Å². The summed E-state index contributed by atoms with van der Waals surface area (Å²) >= 11 is 0. The maximum Gasteiger partial charge on any atom is 0.341 e. The quantitative estimate of drug-likeness (QED) is 0.722. The number of aryl methyl sites for hydroxylation is 1. The molecule has 0 spiro atoms. The van der Waals surface area contributed by atoms with Crippen molar-refractivity contribution in [2.24, 2.45) is 7.05 Å². The molecule has 1 heterocycles. The van der Waals surface area contributed by atoms with Gasteiger partial charge in [-0.25, -0.2) is 4.79 Å². The Morgan fingerprint density at radius 1 is 1.61 bits per heavy atom. The van der Waals surface area contributed by atoms with Gasteiger partial charge in [-0.15, -0.1) is 0 Å². The van der Waals surface area contributed by atoms with Crippen LogP contribution in [0.25, 0.3) is 0 Å². The minimum atomic E-state index is -0.789. The first-order valence-corrected chi connectivity index (χ1v) is 5.96. The molecule has 0 saturated heterocycles. The maximum atomic E-state index is 11.7. The number of nitrogens with zero attached hydrogens (tertiary/aromatic N) is 2. The number of ether oxygens (including phenoxy) is 1. The Bertz CT molecular complexity index is 407. The topological polar surface area (TPSA) is 76.4 Å². The highest BCUT2D eigenvalue weighted by atomic mass is 16.5. The van der Waals surface area contributed by atoms with Crippen LogP contribution < -0.4 is 5.32 Å². The van der Waals surface area contributed by atoms with Gasteiger partial charge in [0.15, 0.2) is 0 Å². The second kappa shape index (κ2) is 5.97. The van der Waals surface area contributed by atoms with E-state index in [2.05, 4.69) is 10.4 Å². The molecule has 0 aliphatic rings. The van der Waals surface area contributed by atoms with Gasteiger partial charge in [0.2, 0.25) is 0 Å². The summed E-state index contributed by atoms with van der Waals surface area (Å²) in [6.07, 6.45) is 1.50. The van der Waals surface area contributed by atoms with Gasteiger partial charge in [-0.05, 0) is 20.8 Å². The van der Waals surface area contributed by atoms with Crippen molar-refractivity contribution in [2.75, 3.05) is 13.2 Å². The van der Waals surface area contributed by atoms with Crippen molar-refractivity contribution in [3.63, 3.8) is 0 Å². The molecule has 0 aliphatic heterocycles. The summed E-state index contributed by atoms with van der Waals surface area (Å²) in [6.45, 7) is 6.42. The lowest BCUT2D eigenvalue weighted by atomic mass is 10.1. The molecular weight excluding hydrogens is 234 g/mol. The third kappa shape index (κ3) is 4.12. The molecule has 6 heteroatoms. The third-order valence-electron chi connectivity index (χ3n) is 2.41. The van der Waals surface area contributed by atoms with E-state index in [1.165, 1.54) is 6.20 Å². The average molecular weight is 255 g/mol. The van der Waals surface area contributed by atoms with Gasteiger partial charge < -0.3 is 15.2 Å². The van der Waals surface area contributed by atoms with Crippen molar-refractivity contribution < 1.29 is 14.6 Å². The molecule has 0 amide bonds. The summed E-state index contributed by atoms with van der Waals surface area (Å²) in [5.41, 5.74) is 0.420. The first-order chi connectivity index (χ1) is 8.35. The molecule has 6 nitrogen and oxygen atoms in total. The second-order valence-electron chi connectivity index (χ2n) is 4.77. The molecular formula is C12H21N3O3. The fraction of sp³-hybridized carbons (Fsp3) is 0.667. The van der Waals surface area contributed by atoms with Crippen LogP contribution in [-0.4, -0.2) is 39.6 Å². The zero-order valence-electron chi connectivity index (χ0n) is 11.4. The highest BCUT2D eigenvalue weighted by Gasteiger charge is 2.18. The number of hydrogen-bond acceptors (Lipinski definition) is 5. The Labute approximate surface area is 107 Å². The molecule has 102 valence electrons. The monoisotopic (exact) mass is 255 g/mol. The first-order valence-electron chi connectivity index (χ1n) is 5.96. The Hall–Kier alpha value is -1.40. The van der Waals surface area contributed by atoms with E-state index in [0.717, 1.165) is 5.69 Å². The highest BCUT2D eigenvalue weighted by molar-refractivity contribution is 5.90. The number of rotatable bonds is 6. The number of aliphatic hydroxyl groups is 1. The van der Waals surface area contributed by atoms with E-state index in [1.807, 2.05) is 0 Å². The lowest BCUT2D eigenvalue weighted by molar-refractivity contribution is 0.0524. The van der Waals surface area contributed by atoms with Crippen LogP contribution in [0.1, 0.15) is 36.8 Å². The van der Waals surface area contributed by atoms with Gasteiger partial charge in [-0.1, -0.05) is 0 Å². The van der Waals surface area contributed by atoms with Crippen LogP contribution >= 0.6 is 0 Å². The van der Waals surface area contributed by atoms with Crippen LogP contribution in [0.4, 0.5) is 0 Å². The van der Waals surface area contributed by atoms with Gasteiger partial charge in [0.1, 0.15) is 5.56 Å². The van der Waals surface area contributed by atoms with Gasteiger partial charge >= 0.3 is 5.97 Å². The van der Waals surface area contributed by atoms with Crippen molar-refractivity contribution in [3.8, 4) is 0 Å². The number of hydrogen-bond donors (Lipinski definition) is 2. The van der Waals surface area contributed by atoms with Crippen molar-refractivity contribution >= 4 is 5.97 Å². The van der Waals surface area contributed by atoms with Crippen LogP contribution in [0.3, 0.4) is 0 Å². The lowest BCUT2D eigenvalue weighted by Crippen LogP contribution is -2.35. The van der Waals surface area contributed by atoms with E-state index < -0.39 is 5.60 Å². The summed E-state index contributed by atoms with van der Waals surface area (Å²) in [7, 11) is 1.77. The van der Waals surface area contributed by atoms with E-state index in [0.29, 0.717) is 25.3 Å². The molecule has 0 aliphatic carbocycles. The second-order valence-corrected chi connectivity index (χ2v) is 4.77. The fourth-order valence-electron chi connectivity index (χ4n) is 1.54. The van der Waals surface area contributed by atoms with Crippen molar-refractivity contribution in [3.05, 3.63) is 17.5 Å². The predicted octanol–water partition coefficient (Wildman–Crippen LogP) is 0.457. The molecule has 0 fully saturated rings. The third-order valence-corrected chi connectivity index (χ3v) is 2.41. The molecule has 0 unspecified atom stereocenters. The summed E-state index contributed by atoms with van der Waals surface area (Å²) in [6, 6.07) is 0. The Morgan fingerprint density at radius 3 is 2.83 bits per heavy atom. The average Bonchev–Trinajstić information content (AvgIpc) is 2.59. The van der Waals surface area contributed by atoms with E-state index >= 15 is 0 Å². The Kier molecular flexibility index (Phi) is 4.86. The molecule has 1 aromatic rings. The minimum absolute atomic E-state index is 0.338. The molecule has 2 N–H and O–H groups in total. The summed E-state index contributed by atoms with van der Waals surface area (Å²) in [5.74, 6) is -0.370. The van der Waals surface area contributed by atoms with Crippen molar-refractivity contribution in [1.82, 2.24) is 15.1 Å². The molecule has 18 heavy (non-hydrogen) atoms.